The summed E-state index contributed by atoms with van der Waals surface area (Å²) >= 11 is -1.96. The Bertz CT molecular complexity index is 162. The summed E-state index contributed by atoms with van der Waals surface area (Å²) in [5.41, 5.74) is 0. The maximum Gasteiger partial charge on any atom is 0.422 e. The Labute approximate surface area is 74.3 Å². The standard InChI is InChI=1S/C6H13NO4S/c1-3-4-5-10-12(9)11-6(8)7-2/h3-5H2,1-2H3,(H,7,8). The molecule has 1 unspecified atom stereocenters. The SMILES string of the molecule is CCCCOS(=O)OC(=O)NC. The van der Waals surface area contributed by atoms with E-state index in [1.807, 2.05) is 6.92 Å². The molecule has 6 heteroatoms. The van der Waals surface area contributed by atoms with Crippen molar-refractivity contribution in [2.75, 3.05) is 13.7 Å². The molecular weight excluding hydrogens is 182 g/mol. The van der Waals surface area contributed by atoms with Crippen molar-refractivity contribution in [1.29, 1.82) is 0 Å². The van der Waals surface area contributed by atoms with E-state index in [9.17, 15) is 9.00 Å². The summed E-state index contributed by atoms with van der Waals surface area (Å²) < 4.78 is 19.6. The van der Waals surface area contributed by atoms with Crippen LogP contribution in [0.5, 0.6) is 0 Å². The normalized spacial score (nSPS) is 12.2. The molecule has 1 atom stereocenters. The third-order valence-electron chi connectivity index (χ3n) is 1.03. The van der Waals surface area contributed by atoms with E-state index in [1.165, 1.54) is 7.05 Å². The summed E-state index contributed by atoms with van der Waals surface area (Å²) in [5, 5.41) is 2.15. The summed E-state index contributed by atoms with van der Waals surface area (Å²) in [6, 6.07) is 0. The van der Waals surface area contributed by atoms with E-state index in [2.05, 4.69) is 13.7 Å². The first-order valence-electron chi connectivity index (χ1n) is 3.65. The predicted octanol–water partition coefficient (Wildman–Crippen LogP) is 0.738. The molecule has 0 saturated carbocycles. The Morgan fingerprint density at radius 1 is 1.58 bits per heavy atom. The average molecular weight is 195 g/mol. The van der Waals surface area contributed by atoms with Gasteiger partial charge in [0.05, 0.1) is 6.61 Å². The van der Waals surface area contributed by atoms with Crippen LogP contribution in [0.4, 0.5) is 4.79 Å². The lowest BCUT2D eigenvalue weighted by molar-refractivity contribution is 0.196. The van der Waals surface area contributed by atoms with Gasteiger partial charge in [-0.1, -0.05) is 13.3 Å². The molecule has 0 spiro atoms. The fourth-order valence-corrected chi connectivity index (χ4v) is 0.908. The highest BCUT2D eigenvalue weighted by molar-refractivity contribution is 7.75. The minimum Gasteiger partial charge on any atom is -0.325 e. The maximum absolute atomic E-state index is 10.7. The summed E-state index contributed by atoms with van der Waals surface area (Å²) in [4.78, 5) is 10.4. The monoisotopic (exact) mass is 195 g/mol. The van der Waals surface area contributed by atoms with Crippen LogP contribution in [-0.4, -0.2) is 24.0 Å². The molecule has 0 aromatic carbocycles. The van der Waals surface area contributed by atoms with Gasteiger partial charge in [0, 0.05) is 7.05 Å². The van der Waals surface area contributed by atoms with Gasteiger partial charge in [-0.15, -0.1) is 0 Å². The van der Waals surface area contributed by atoms with Gasteiger partial charge in [-0.2, -0.15) is 4.21 Å². The quantitative estimate of drug-likeness (QED) is 0.657. The molecule has 1 N–H and O–H groups in total. The van der Waals surface area contributed by atoms with E-state index < -0.39 is 17.5 Å². The molecule has 0 aliphatic rings. The van der Waals surface area contributed by atoms with E-state index in [1.54, 1.807) is 0 Å². The second-order valence-electron chi connectivity index (χ2n) is 2.00. The Morgan fingerprint density at radius 2 is 2.25 bits per heavy atom. The van der Waals surface area contributed by atoms with E-state index in [0.717, 1.165) is 12.8 Å². The van der Waals surface area contributed by atoms with E-state index >= 15 is 0 Å². The Balaban J connectivity index is 3.40. The molecule has 1 amide bonds. The topological polar surface area (TPSA) is 64.6 Å². The summed E-state index contributed by atoms with van der Waals surface area (Å²) in [7, 11) is 1.38. The molecule has 12 heavy (non-hydrogen) atoms. The zero-order valence-corrected chi connectivity index (χ0v) is 7.98. The van der Waals surface area contributed by atoms with E-state index in [-0.39, 0.29) is 0 Å². The number of carbonyl (C=O) groups is 1. The lowest BCUT2D eigenvalue weighted by atomic mass is 10.4. The van der Waals surface area contributed by atoms with Crippen molar-refractivity contribution in [2.45, 2.75) is 19.8 Å². The number of unbranched alkanes of at least 4 members (excludes halogenated alkanes) is 1. The predicted molar refractivity (Wildman–Crippen MR) is 44.5 cm³/mol. The number of rotatable bonds is 5. The highest BCUT2D eigenvalue weighted by Gasteiger charge is 2.06. The molecule has 0 heterocycles. The van der Waals surface area contributed by atoms with Gasteiger partial charge in [-0.05, 0) is 6.42 Å². The van der Waals surface area contributed by atoms with Crippen LogP contribution in [0.15, 0.2) is 0 Å². The van der Waals surface area contributed by atoms with Crippen LogP contribution in [0.2, 0.25) is 0 Å². The fourth-order valence-electron chi connectivity index (χ4n) is 0.399. The molecule has 0 fully saturated rings. The molecule has 5 nitrogen and oxygen atoms in total. The number of hydrogen-bond acceptors (Lipinski definition) is 4. The summed E-state index contributed by atoms with van der Waals surface area (Å²) in [6.07, 6.45) is 0.977. The van der Waals surface area contributed by atoms with E-state index in [4.69, 9.17) is 0 Å². The van der Waals surface area contributed by atoms with Crippen LogP contribution in [0.1, 0.15) is 19.8 Å². The number of amides is 1. The van der Waals surface area contributed by atoms with Crippen molar-refractivity contribution in [3.05, 3.63) is 0 Å². The van der Waals surface area contributed by atoms with Crippen molar-refractivity contribution in [1.82, 2.24) is 5.32 Å². The minimum atomic E-state index is -1.96. The molecule has 0 aliphatic heterocycles. The smallest absolute Gasteiger partial charge is 0.325 e. The largest absolute Gasteiger partial charge is 0.422 e. The van der Waals surface area contributed by atoms with Gasteiger partial charge < -0.3 is 9.50 Å². The van der Waals surface area contributed by atoms with Gasteiger partial charge in [0.2, 0.25) is 0 Å². The first-order valence-corrected chi connectivity index (χ1v) is 4.65. The second kappa shape index (κ2) is 7.05. The van der Waals surface area contributed by atoms with Crippen LogP contribution in [0.25, 0.3) is 0 Å². The summed E-state index contributed by atoms with van der Waals surface area (Å²) in [6.45, 7) is 2.31. The van der Waals surface area contributed by atoms with Gasteiger partial charge in [0.15, 0.2) is 0 Å². The average Bonchev–Trinajstić information content (AvgIpc) is 2.05. The molecule has 0 aromatic heterocycles. The third-order valence-corrected chi connectivity index (χ3v) is 1.67. The van der Waals surface area contributed by atoms with Crippen LogP contribution >= 0.6 is 0 Å². The van der Waals surface area contributed by atoms with E-state index in [0.29, 0.717) is 6.61 Å². The highest BCUT2D eigenvalue weighted by Crippen LogP contribution is 1.93. The molecule has 0 rings (SSSR count). The number of carbonyl (C=O) groups excluding carboxylic acids is 1. The van der Waals surface area contributed by atoms with Crippen molar-refractivity contribution in [2.24, 2.45) is 0 Å². The Kier molecular flexibility index (Phi) is 6.69. The zero-order chi connectivity index (χ0) is 9.40. The first-order chi connectivity index (χ1) is 5.70. The third kappa shape index (κ3) is 6.11. The summed E-state index contributed by atoms with van der Waals surface area (Å²) in [5.74, 6) is 0. The molecule has 0 aromatic rings. The van der Waals surface area contributed by atoms with Crippen LogP contribution in [-0.2, 0) is 19.7 Å². The highest BCUT2D eigenvalue weighted by atomic mass is 32.2. The molecule has 0 bridgehead atoms. The Hall–Kier alpha value is -0.620. The minimum absolute atomic E-state index is 0.333. The van der Waals surface area contributed by atoms with Gasteiger partial charge in [-0.3, -0.25) is 4.18 Å². The molecule has 0 saturated heterocycles. The molecule has 0 radical (unpaired) electrons. The fraction of sp³-hybridized carbons (Fsp3) is 0.833. The first kappa shape index (κ1) is 11.4. The molecule has 72 valence electrons. The second-order valence-corrected chi connectivity index (χ2v) is 2.81. The number of nitrogens with one attached hydrogen (secondary N) is 1. The zero-order valence-electron chi connectivity index (χ0n) is 7.16. The van der Waals surface area contributed by atoms with Gasteiger partial charge in [0.25, 0.3) is 0 Å². The van der Waals surface area contributed by atoms with Crippen LogP contribution in [0.3, 0.4) is 0 Å². The maximum atomic E-state index is 10.7. The number of hydrogen-bond donors (Lipinski definition) is 1. The van der Waals surface area contributed by atoms with Gasteiger partial charge in [0.1, 0.15) is 0 Å². The molecule has 0 aliphatic carbocycles. The van der Waals surface area contributed by atoms with Crippen molar-refractivity contribution in [3.63, 3.8) is 0 Å². The Morgan fingerprint density at radius 3 is 2.75 bits per heavy atom. The van der Waals surface area contributed by atoms with Crippen LogP contribution in [0, 0.1) is 0 Å². The van der Waals surface area contributed by atoms with Gasteiger partial charge >= 0.3 is 17.5 Å². The van der Waals surface area contributed by atoms with Crippen LogP contribution < -0.4 is 5.32 Å². The van der Waals surface area contributed by atoms with Crippen molar-refractivity contribution in [3.8, 4) is 0 Å². The molecular formula is C6H13NO4S. The van der Waals surface area contributed by atoms with Crippen molar-refractivity contribution >= 4 is 17.5 Å². The van der Waals surface area contributed by atoms with Crippen molar-refractivity contribution < 1.29 is 17.4 Å². The lowest BCUT2D eigenvalue weighted by Crippen LogP contribution is -2.21. The van der Waals surface area contributed by atoms with Gasteiger partial charge in [-0.25, -0.2) is 4.79 Å². The lowest BCUT2D eigenvalue weighted by Gasteiger charge is -2.01.